The van der Waals surface area contributed by atoms with Crippen LogP contribution in [0.1, 0.15) is 52.4 Å². The number of urea groups is 2. The van der Waals surface area contributed by atoms with E-state index in [0.717, 1.165) is 63.0 Å². The highest BCUT2D eigenvalue weighted by Gasteiger charge is 2.30. The number of piperazine rings is 1. The Balaban J connectivity index is 1.67. The Hall–Kier alpha value is -2.73. The van der Waals surface area contributed by atoms with Crippen LogP contribution in [0.15, 0.2) is 54.6 Å². The van der Waals surface area contributed by atoms with Gasteiger partial charge in [-0.05, 0) is 43.2 Å². The van der Waals surface area contributed by atoms with Crippen molar-refractivity contribution in [2.45, 2.75) is 52.4 Å². The Morgan fingerprint density at radius 3 is 1.83 bits per heavy atom. The van der Waals surface area contributed by atoms with Crippen LogP contribution < -0.4 is 4.90 Å². The maximum Gasteiger partial charge on any atom is 0.329 e. The maximum absolute atomic E-state index is 13.7. The number of halogens is 1. The van der Waals surface area contributed by atoms with Crippen LogP contribution in [0.25, 0.3) is 0 Å². The summed E-state index contributed by atoms with van der Waals surface area (Å²) in [6.07, 6.45) is 6.64. The molecule has 35 heavy (non-hydrogen) atoms. The van der Waals surface area contributed by atoms with Crippen molar-refractivity contribution in [2.75, 3.05) is 44.2 Å². The van der Waals surface area contributed by atoms with Crippen molar-refractivity contribution in [3.05, 3.63) is 59.6 Å². The zero-order valence-corrected chi connectivity index (χ0v) is 21.9. The van der Waals surface area contributed by atoms with Crippen LogP contribution in [0.3, 0.4) is 0 Å². The number of carbonyl (C=O) groups excluding carboxylic acids is 2. The van der Waals surface area contributed by atoms with Crippen molar-refractivity contribution < 1.29 is 9.59 Å². The molecule has 0 saturated carbocycles. The van der Waals surface area contributed by atoms with Gasteiger partial charge in [0.1, 0.15) is 0 Å². The Morgan fingerprint density at radius 1 is 0.743 bits per heavy atom. The monoisotopic (exact) mass is 498 g/mol. The van der Waals surface area contributed by atoms with E-state index in [2.05, 4.69) is 13.8 Å². The normalized spacial score (nSPS) is 13.6. The van der Waals surface area contributed by atoms with Crippen molar-refractivity contribution >= 4 is 35.0 Å². The summed E-state index contributed by atoms with van der Waals surface area (Å²) in [6, 6.07) is 17.0. The summed E-state index contributed by atoms with van der Waals surface area (Å²) in [5.41, 5.74) is 1.52. The smallest absolute Gasteiger partial charge is 0.325 e. The number of unbranched alkanes of at least 4 members (excludes halogenated alkanes) is 4. The first-order valence-electron chi connectivity index (χ1n) is 13.0. The number of anilines is 2. The summed E-state index contributed by atoms with van der Waals surface area (Å²) in [4.78, 5) is 34.4. The first-order valence-corrected chi connectivity index (χ1v) is 13.4. The first-order chi connectivity index (χ1) is 17.0. The van der Waals surface area contributed by atoms with E-state index < -0.39 is 0 Å². The lowest BCUT2D eigenvalue weighted by molar-refractivity contribution is 0.119. The van der Waals surface area contributed by atoms with Crippen LogP contribution in [0, 0.1) is 0 Å². The summed E-state index contributed by atoms with van der Waals surface area (Å²) in [6.45, 7) is 8.08. The quantitative estimate of drug-likeness (QED) is 0.330. The van der Waals surface area contributed by atoms with Gasteiger partial charge in [0.15, 0.2) is 0 Å². The Morgan fingerprint density at radius 2 is 1.29 bits per heavy atom. The van der Waals surface area contributed by atoms with E-state index in [0.29, 0.717) is 31.2 Å². The number of nitrogens with zero attached hydrogens (tertiary/aromatic N) is 4. The molecule has 0 bridgehead atoms. The summed E-state index contributed by atoms with van der Waals surface area (Å²) in [7, 11) is 0. The lowest BCUT2D eigenvalue weighted by atomic mass is 10.2. The molecule has 6 nitrogen and oxygen atoms in total. The SMILES string of the molecule is CCCCCN(CCCCC)C(=O)N1CCN(C(=O)N(c2ccccc2)c2cccc(Cl)c2)CC1. The summed E-state index contributed by atoms with van der Waals surface area (Å²) < 4.78 is 0. The molecule has 1 heterocycles. The number of amides is 4. The van der Waals surface area contributed by atoms with Crippen LogP contribution in [0.2, 0.25) is 5.02 Å². The fourth-order valence-corrected chi connectivity index (χ4v) is 4.59. The van der Waals surface area contributed by atoms with Gasteiger partial charge in [-0.15, -0.1) is 0 Å². The van der Waals surface area contributed by atoms with Crippen molar-refractivity contribution in [3.63, 3.8) is 0 Å². The molecule has 0 aliphatic carbocycles. The topological polar surface area (TPSA) is 47.1 Å². The number of hydrogen-bond donors (Lipinski definition) is 0. The molecule has 0 atom stereocenters. The van der Waals surface area contributed by atoms with Gasteiger partial charge in [0.2, 0.25) is 0 Å². The van der Waals surface area contributed by atoms with Crippen LogP contribution in [0.5, 0.6) is 0 Å². The Bertz CT molecular complexity index is 922. The van der Waals surface area contributed by atoms with E-state index in [-0.39, 0.29) is 12.1 Å². The average molecular weight is 499 g/mol. The van der Waals surface area contributed by atoms with E-state index in [1.807, 2.05) is 57.2 Å². The predicted octanol–water partition coefficient (Wildman–Crippen LogP) is 7.02. The lowest BCUT2D eigenvalue weighted by Gasteiger charge is -2.39. The Labute approximate surface area is 215 Å². The minimum Gasteiger partial charge on any atom is -0.325 e. The molecule has 0 aromatic heterocycles. The molecule has 190 valence electrons. The molecule has 0 N–H and O–H groups in total. The van der Waals surface area contributed by atoms with Gasteiger partial charge in [0.05, 0.1) is 11.4 Å². The van der Waals surface area contributed by atoms with Crippen molar-refractivity contribution in [1.29, 1.82) is 0 Å². The van der Waals surface area contributed by atoms with Crippen LogP contribution in [0.4, 0.5) is 21.0 Å². The lowest BCUT2D eigenvalue weighted by Crippen LogP contribution is -2.56. The molecular weight excluding hydrogens is 460 g/mol. The van der Waals surface area contributed by atoms with Gasteiger partial charge in [-0.25, -0.2) is 9.59 Å². The third-order valence-electron chi connectivity index (χ3n) is 6.43. The first kappa shape index (κ1) is 26.9. The summed E-state index contributed by atoms with van der Waals surface area (Å²) in [5, 5.41) is 0.581. The standard InChI is InChI=1S/C28H39ClN4O2/c1-3-5-10-17-30(18-11-6-4-2)27(34)31-19-21-32(22-20-31)28(35)33(25-14-8-7-9-15-25)26-16-12-13-24(29)23-26/h7-9,12-16,23H,3-6,10-11,17-22H2,1-2H3. The van der Waals surface area contributed by atoms with Gasteiger partial charge in [-0.3, -0.25) is 4.90 Å². The predicted molar refractivity (Wildman–Crippen MR) is 145 cm³/mol. The van der Waals surface area contributed by atoms with Gasteiger partial charge in [-0.1, -0.05) is 75.4 Å². The number of carbonyl (C=O) groups is 2. The van der Waals surface area contributed by atoms with Crippen LogP contribution >= 0.6 is 11.6 Å². The molecular formula is C28H39ClN4O2. The highest BCUT2D eigenvalue weighted by atomic mass is 35.5. The maximum atomic E-state index is 13.7. The third kappa shape index (κ3) is 7.63. The molecule has 1 aliphatic heterocycles. The van der Waals surface area contributed by atoms with Gasteiger partial charge in [0.25, 0.3) is 0 Å². The number of rotatable bonds is 10. The van der Waals surface area contributed by atoms with Crippen molar-refractivity contribution in [1.82, 2.24) is 14.7 Å². The molecule has 4 amide bonds. The number of para-hydroxylation sites is 1. The zero-order chi connectivity index (χ0) is 25.0. The molecule has 2 aromatic carbocycles. The van der Waals surface area contributed by atoms with Gasteiger partial charge in [-0.2, -0.15) is 0 Å². The van der Waals surface area contributed by atoms with Crippen molar-refractivity contribution in [3.8, 4) is 0 Å². The fourth-order valence-electron chi connectivity index (χ4n) is 4.40. The molecule has 3 rings (SSSR count). The third-order valence-corrected chi connectivity index (χ3v) is 6.66. The van der Waals surface area contributed by atoms with E-state index >= 15 is 0 Å². The second-order valence-corrected chi connectivity index (χ2v) is 9.53. The van der Waals surface area contributed by atoms with Gasteiger partial charge >= 0.3 is 12.1 Å². The molecule has 7 heteroatoms. The molecule has 0 spiro atoms. The Kier molecular flexibility index (Phi) is 10.7. The highest BCUT2D eigenvalue weighted by Crippen LogP contribution is 2.29. The minimum absolute atomic E-state index is 0.103. The molecule has 0 unspecified atom stereocenters. The fraction of sp³-hybridized carbons (Fsp3) is 0.500. The van der Waals surface area contributed by atoms with Crippen LogP contribution in [-0.4, -0.2) is 66.0 Å². The summed E-state index contributed by atoms with van der Waals surface area (Å²) >= 11 is 6.24. The zero-order valence-electron chi connectivity index (χ0n) is 21.2. The van der Waals surface area contributed by atoms with E-state index in [9.17, 15) is 9.59 Å². The second-order valence-electron chi connectivity index (χ2n) is 9.09. The average Bonchev–Trinajstić information content (AvgIpc) is 2.88. The van der Waals surface area contributed by atoms with Crippen molar-refractivity contribution in [2.24, 2.45) is 0 Å². The number of hydrogen-bond acceptors (Lipinski definition) is 2. The van der Waals surface area contributed by atoms with E-state index in [4.69, 9.17) is 11.6 Å². The second kappa shape index (κ2) is 14.0. The molecule has 1 aliphatic rings. The van der Waals surface area contributed by atoms with E-state index in [1.165, 1.54) is 0 Å². The van der Waals surface area contributed by atoms with Gasteiger partial charge < -0.3 is 14.7 Å². The molecule has 0 radical (unpaired) electrons. The molecule has 1 fully saturated rings. The van der Waals surface area contributed by atoms with Gasteiger partial charge in [0, 0.05) is 44.3 Å². The highest BCUT2D eigenvalue weighted by molar-refractivity contribution is 6.31. The van der Waals surface area contributed by atoms with E-state index in [1.54, 1.807) is 17.0 Å². The minimum atomic E-state index is -0.103. The molecule has 1 saturated heterocycles. The largest absolute Gasteiger partial charge is 0.329 e. The summed E-state index contributed by atoms with van der Waals surface area (Å²) in [5.74, 6) is 0. The number of benzene rings is 2. The molecule has 2 aromatic rings. The van der Waals surface area contributed by atoms with Crippen LogP contribution in [-0.2, 0) is 0 Å².